The average molecular weight is 240 g/mol. The minimum atomic E-state index is 0.224. The zero-order chi connectivity index (χ0) is 13.0. The third-order valence-electron chi connectivity index (χ3n) is 2.24. The molecular formula is C13H12N4O. The van der Waals surface area contributed by atoms with E-state index in [4.69, 9.17) is 16.2 Å². The number of hydrogen-bond acceptors (Lipinski definition) is 5. The van der Waals surface area contributed by atoms with Crippen molar-refractivity contribution in [2.24, 2.45) is 0 Å². The molecule has 2 rings (SSSR count). The maximum absolute atomic E-state index is 5.71. The van der Waals surface area contributed by atoms with Crippen molar-refractivity contribution in [3.8, 4) is 17.6 Å². The van der Waals surface area contributed by atoms with E-state index >= 15 is 0 Å². The fraction of sp³-hybridized carbons (Fsp3) is 0.0769. The van der Waals surface area contributed by atoms with Crippen molar-refractivity contribution < 1.29 is 4.74 Å². The van der Waals surface area contributed by atoms with Crippen LogP contribution < -0.4 is 16.2 Å². The smallest absolute Gasteiger partial charge is 0.219 e. The topological polar surface area (TPSA) is 87.0 Å². The molecule has 1 aromatic carbocycles. The largest absolute Gasteiger partial charge is 0.495 e. The monoisotopic (exact) mass is 240 g/mol. The molecule has 2 aromatic rings. The number of aromatic nitrogens is 2. The van der Waals surface area contributed by atoms with Gasteiger partial charge in [-0.2, -0.15) is 0 Å². The number of rotatable bonds is 1. The van der Waals surface area contributed by atoms with Gasteiger partial charge in [-0.1, -0.05) is 11.8 Å². The van der Waals surface area contributed by atoms with Crippen molar-refractivity contribution in [2.75, 3.05) is 18.6 Å². The first-order chi connectivity index (χ1) is 8.69. The van der Waals surface area contributed by atoms with Gasteiger partial charge in [0, 0.05) is 18.1 Å². The lowest BCUT2D eigenvalue weighted by molar-refractivity contribution is 0.413. The highest BCUT2D eigenvalue weighted by Gasteiger charge is 1.99. The average Bonchev–Trinajstić information content (AvgIpc) is 2.38. The lowest BCUT2D eigenvalue weighted by Crippen LogP contribution is -1.94. The van der Waals surface area contributed by atoms with Crippen molar-refractivity contribution in [2.45, 2.75) is 0 Å². The Morgan fingerprint density at radius 1 is 1.11 bits per heavy atom. The van der Waals surface area contributed by atoms with E-state index in [-0.39, 0.29) is 5.95 Å². The van der Waals surface area contributed by atoms with Crippen molar-refractivity contribution in [3.63, 3.8) is 0 Å². The molecule has 0 bridgehead atoms. The number of methoxy groups -OCH3 is 1. The Balaban J connectivity index is 2.34. The van der Waals surface area contributed by atoms with Crippen LogP contribution in [-0.2, 0) is 0 Å². The molecule has 5 heteroatoms. The molecule has 5 nitrogen and oxygen atoms in total. The maximum atomic E-state index is 5.71. The van der Waals surface area contributed by atoms with Gasteiger partial charge in [-0.15, -0.1) is 0 Å². The molecule has 1 heterocycles. The van der Waals surface area contributed by atoms with Crippen LogP contribution in [-0.4, -0.2) is 17.1 Å². The van der Waals surface area contributed by atoms with Crippen molar-refractivity contribution in [3.05, 3.63) is 41.7 Å². The highest BCUT2D eigenvalue weighted by atomic mass is 16.5. The van der Waals surface area contributed by atoms with E-state index in [0.717, 1.165) is 0 Å². The van der Waals surface area contributed by atoms with E-state index in [9.17, 15) is 0 Å². The van der Waals surface area contributed by atoms with Crippen LogP contribution in [0.5, 0.6) is 5.75 Å². The van der Waals surface area contributed by atoms with Gasteiger partial charge in [0.25, 0.3) is 0 Å². The van der Waals surface area contributed by atoms with Crippen LogP contribution in [0.2, 0.25) is 0 Å². The van der Waals surface area contributed by atoms with Crippen LogP contribution in [0.3, 0.4) is 0 Å². The zero-order valence-electron chi connectivity index (χ0n) is 9.84. The van der Waals surface area contributed by atoms with Gasteiger partial charge in [0.05, 0.1) is 18.2 Å². The Morgan fingerprint density at radius 2 is 1.83 bits per heavy atom. The van der Waals surface area contributed by atoms with Gasteiger partial charge in [0.15, 0.2) is 0 Å². The minimum Gasteiger partial charge on any atom is -0.495 e. The highest BCUT2D eigenvalue weighted by Crippen LogP contribution is 2.19. The van der Waals surface area contributed by atoms with Crippen LogP contribution in [0.15, 0.2) is 30.6 Å². The van der Waals surface area contributed by atoms with E-state index in [1.54, 1.807) is 37.7 Å². The summed E-state index contributed by atoms with van der Waals surface area (Å²) in [5.41, 5.74) is 13.1. The summed E-state index contributed by atoms with van der Waals surface area (Å²) in [6.45, 7) is 0. The van der Waals surface area contributed by atoms with E-state index in [1.807, 2.05) is 0 Å². The predicted octanol–water partition coefficient (Wildman–Crippen LogP) is 1.05. The summed E-state index contributed by atoms with van der Waals surface area (Å²) in [5.74, 6) is 6.79. The molecule has 1 aromatic heterocycles. The second-order valence-electron chi connectivity index (χ2n) is 3.54. The van der Waals surface area contributed by atoms with Crippen molar-refractivity contribution in [1.29, 1.82) is 0 Å². The molecular weight excluding hydrogens is 228 g/mol. The van der Waals surface area contributed by atoms with Gasteiger partial charge < -0.3 is 16.2 Å². The Morgan fingerprint density at radius 3 is 2.50 bits per heavy atom. The Bertz CT molecular complexity index is 611. The molecule has 0 aliphatic carbocycles. The molecule has 0 amide bonds. The fourth-order valence-corrected chi connectivity index (χ4v) is 1.37. The standard InChI is InChI=1S/C13H12N4O/c1-18-12-5-4-11(14)6-10(12)3-2-9-7-16-13(15)17-8-9/h4-8H,14H2,1H3,(H2,15,16,17). The lowest BCUT2D eigenvalue weighted by atomic mass is 10.1. The van der Waals surface area contributed by atoms with Crippen LogP contribution in [0.4, 0.5) is 11.6 Å². The van der Waals surface area contributed by atoms with Gasteiger partial charge in [-0.05, 0) is 18.2 Å². The molecule has 4 N–H and O–H groups in total. The SMILES string of the molecule is COc1ccc(N)cc1C#Cc1cnc(N)nc1. The molecule has 0 atom stereocenters. The van der Waals surface area contributed by atoms with Crippen molar-refractivity contribution >= 4 is 11.6 Å². The number of anilines is 2. The Hall–Kier alpha value is -2.74. The molecule has 0 saturated carbocycles. The first-order valence-electron chi connectivity index (χ1n) is 5.22. The summed E-state index contributed by atoms with van der Waals surface area (Å²) < 4.78 is 5.20. The minimum absolute atomic E-state index is 0.224. The molecule has 0 radical (unpaired) electrons. The fourth-order valence-electron chi connectivity index (χ4n) is 1.37. The molecule has 0 saturated heterocycles. The normalized spacial score (nSPS) is 9.39. The first kappa shape index (κ1) is 11.7. The summed E-state index contributed by atoms with van der Waals surface area (Å²) in [7, 11) is 1.59. The molecule has 0 spiro atoms. The van der Waals surface area contributed by atoms with Crippen LogP contribution in [0, 0.1) is 11.8 Å². The molecule has 0 aliphatic rings. The number of hydrogen-bond donors (Lipinski definition) is 2. The second kappa shape index (κ2) is 5.06. The molecule has 0 aliphatic heterocycles. The first-order valence-corrected chi connectivity index (χ1v) is 5.22. The number of benzene rings is 1. The Kier molecular flexibility index (Phi) is 3.30. The van der Waals surface area contributed by atoms with Crippen LogP contribution >= 0.6 is 0 Å². The number of nitrogen functional groups attached to an aromatic ring is 2. The number of nitrogens with zero attached hydrogens (tertiary/aromatic N) is 2. The summed E-state index contributed by atoms with van der Waals surface area (Å²) in [4.78, 5) is 7.72. The summed E-state index contributed by atoms with van der Waals surface area (Å²) in [6.07, 6.45) is 3.13. The summed E-state index contributed by atoms with van der Waals surface area (Å²) >= 11 is 0. The van der Waals surface area contributed by atoms with Gasteiger partial charge in [-0.25, -0.2) is 9.97 Å². The van der Waals surface area contributed by atoms with Gasteiger partial charge in [-0.3, -0.25) is 0 Å². The van der Waals surface area contributed by atoms with Gasteiger partial charge >= 0.3 is 0 Å². The third-order valence-corrected chi connectivity index (χ3v) is 2.24. The summed E-state index contributed by atoms with van der Waals surface area (Å²) in [6, 6.07) is 5.29. The maximum Gasteiger partial charge on any atom is 0.219 e. The van der Waals surface area contributed by atoms with E-state index in [2.05, 4.69) is 21.8 Å². The number of ether oxygens (including phenoxy) is 1. The van der Waals surface area contributed by atoms with E-state index < -0.39 is 0 Å². The molecule has 0 fully saturated rings. The predicted molar refractivity (Wildman–Crippen MR) is 69.8 cm³/mol. The van der Waals surface area contributed by atoms with E-state index in [0.29, 0.717) is 22.6 Å². The van der Waals surface area contributed by atoms with Crippen LogP contribution in [0.1, 0.15) is 11.1 Å². The highest BCUT2D eigenvalue weighted by molar-refractivity contribution is 5.56. The van der Waals surface area contributed by atoms with Crippen molar-refractivity contribution in [1.82, 2.24) is 9.97 Å². The summed E-state index contributed by atoms with van der Waals surface area (Å²) in [5, 5.41) is 0. The molecule has 18 heavy (non-hydrogen) atoms. The third kappa shape index (κ3) is 2.68. The van der Waals surface area contributed by atoms with Gasteiger partial charge in [0.1, 0.15) is 5.75 Å². The van der Waals surface area contributed by atoms with E-state index in [1.165, 1.54) is 0 Å². The lowest BCUT2D eigenvalue weighted by Gasteiger charge is -2.03. The Labute approximate surface area is 105 Å². The quantitative estimate of drug-likeness (QED) is 0.574. The molecule has 90 valence electrons. The van der Waals surface area contributed by atoms with Gasteiger partial charge in [0.2, 0.25) is 5.95 Å². The second-order valence-corrected chi connectivity index (χ2v) is 3.54. The molecule has 0 unspecified atom stereocenters. The zero-order valence-corrected chi connectivity index (χ0v) is 9.84. The number of nitrogens with two attached hydrogens (primary N) is 2. The van der Waals surface area contributed by atoms with Crippen LogP contribution in [0.25, 0.3) is 0 Å².